The summed E-state index contributed by atoms with van der Waals surface area (Å²) >= 11 is 1.60. The quantitative estimate of drug-likeness (QED) is 0.545. The van der Waals surface area contributed by atoms with Crippen LogP contribution in [0.2, 0.25) is 0 Å². The summed E-state index contributed by atoms with van der Waals surface area (Å²) in [4.78, 5) is 6.87. The third-order valence-electron chi connectivity index (χ3n) is 5.47. The van der Waals surface area contributed by atoms with E-state index in [4.69, 9.17) is 9.72 Å². The van der Waals surface area contributed by atoms with E-state index in [1.807, 2.05) is 6.20 Å². The van der Waals surface area contributed by atoms with Gasteiger partial charge in [0.15, 0.2) is 0 Å². The first kappa shape index (κ1) is 16.9. The van der Waals surface area contributed by atoms with Gasteiger partial charge in [-0.25, -0.2) is 4.98 Å². The lowest BCUT2D eigenvalue weighted by Gasteiger charge is -2.25. The molecule has 0 aliphatic carbocycles. The van der Waals surface area contributed by atoms with Gasteiger partial charge >= 0.3 is 0 Å². The van der Waals surface area contributed by atoms with E-state index >= 15 is 0 Å². The van der Waals surface area contributed by atoms with Crippen LogP contribution in [-0.2, 0) is 4.74 Å². The average Bonchev–Trinajstić information content (AvgIpc) is 3.33. The number of fused-ring (bicyclic) bond motifs is 2. The van der Waals surface area contributed by atoms with E-state index < -0.39 is 6.10 Å². The molecule has 5 rings (SSSR count). The molecule has 4 heterocycles. The van der Waals surface area contributed by atoms with Gasteiger partial charge in [0, 0.05) is 34.4 Å². The zero-order valence-corrected chi connectivity index (χ0v) is 15.9. The fraction of sp³-hybridized carbons (Fsp3) is 0.333. The monoisotopic (exact) mass is 379 g/mol. The maximum Gasteiger partial charge on any atom is 0.124 e. The number of aliphatic hydroxyl groups is 1. The van der Waals surface area contributed by atoms with Crippen LogP contribution in [-0.4, -0.2) is 33.5 Å². The third kappa shape index (κ3) is 3.04. The van der Waals surface area contributed by atoms with E-state index in [9.17, 15) is 5.11 Å². The fourth-order valence-corrected chi connectivity index (χ4v) is 4.98. The van der Waals surface area contributed by atoms with Gasteiger partial charge in [-0.2, -0.15) is 5.10 Å². The number of nitrogens with one attached hydrogen (secondary N) is 1. The highest BCUT2D eigenvalue weighted by Gasteiger charge is 2.25. The van der Waals surface area contributed by atoms with Crippen LogP contribution in [0, 0.1) is 12.8 Å². The molecule has 4 aromatic rings. The second kappa shape index (κ2) is 6.71. The van der Waals surface area contributed by atoms with E-state index in [0.717, 1.165) is 68.9 Å². The zero-order chi connectivity index (χ0) is 18.4. The first-order valence-corrected chi connectivity index (χ1v) is 10.1. The van der Waals surface area contributed by atoms with Crippen LogP contribution in [0.4, 0.5) is 0 Å². The number of nitrogens with zero attached hydrogens (tertiary/aromatic N) is 2. The lowest BCUT2D eigenvalue weighted by molar-refractivity contribution is 0.00856. The van der Waals surface area contributed by atoms with Crippen molar-refractivity contribution in [2.24, 2.45) is 5.92 Å². The molecule has 1 aliphatic rings. The Morgan fingerprint density at radius 2 is 2.04 bits per heavy atom. The second-order valence-corrected chi connectivity index (χ2v) is 8.32. The molecule has 6 heteroatoms. The lowest BCUT2D eigenvalue weighted by Crippen LogP contribution is -2.21. The molecule has 1 aliphatic heterocycles. The minimum Gasteiger partial charge on any atom is -0.387 e. The van der Waals surface area contributed by atoms with Crippen LogP contribution in [0.25, 0.3) is 32.4 Å². The lowest BCUT2D eigenvalue weighted by atomic mass is 9.93. The van der Waals surface area contributed by atoms with E-state index in [0.29, 0.717) is 0 Å². The van der Waals surface area contributed by atoms with Gasteiger partial charge in [0.1, 0.15) is 4.83 Å². The summed E-state index contributed by atoms with van der Waals surface area (Å²) in [5.74, 6) is 0.275. The van der Waals surface area contributed by atoms with Gasteiger partial charge in [0.2, 0.25) is 0 Å². The minimum atomic E-state index is -0.430. The first-order valence-electron chi connectivity index (χ1n) is 9.29. The number of aromatic amines is 1. The number of pyridine rings is 1. The summed E-state index contributed by atoms with van der Waals surface area (Å²) in [7, 11) is 0. The van der Waals surface area contributed by atoms with Crippen LogP contribution < -0.4 is 0 Å². The summed E-state index contributed by atoms with van der Waals surface area (Å²) in [6, 6.07) is 10.5. The van der Waals surface area contributed by atoms with Crippen molar-refractivity contribution in [1.82, 2.24) is 15.2 Å². The molecule has 1 aromatic carbocycles. The van der Waals surface area contributed by atoms with Gasteiger partial charge in [0.25, 0.3) is 0 Å². The van der Waals surface area contributed by atoms with Crippen LogP contribution in [0.1, 0.15) is 29.4 Å². The maximum absolute atomic E-state index is 10.8. The zero-order valence-electron chi connectivity index (χ0n) is 15.1. The van der Waals surface area contributed by atoms with E-state index in [1.54, 1.807) is 11.3 Å². The van der Waals surface area contributed by atoms with E-state index in [1.165, 1.54) is 0 Å². The average molecular weight is 379 g/mol. The Labute approximate surface area is 161 Å². The molecular weight excluding hydrogens is 358 g/mol. The largest absolute Gasteiger partial charge is 0.387 e. The van der Waals surface area contributed by atoms with Crippen LogP contribution in [0.3, 0.4) is 0 Å². The van der Waals surface area contributed by atoms with Gasteiger partial charge in [-0.05, 0) is 61.6 Å². The molecule has 0 unspecified atom stereocenters. The highest BCUT2D eigenvalue weighted by atomic mass is 32.1. The number of H-pyrrole nitrogens is 1. The number of hydrogen-bond acceptors (Lipinski definition) is 5. The fourth-order valence-electron chi connectivity index (χ4n) is 3.87. The van der Waals surface area contributed by atoms with Gasteiger partial charge in [-0.3, -0.25) is 5.10 Å². The van der Waals surface area contributed by atoms with Crippen LogP contribution in [0.5, 0.6) is 0 Å². The molecule has 1 fully saturated rings. The van der Waals surface area contributed by atoms with E-state index in [-0.39, 0.29) is 5.92 Å². The molecule has 3 aromatic heterocycles. The number of ether oxygens (including phenoxy) is 1. The summed E-state index contributed by atoms with van der Waals surface area (Å²) in [5.41, 5.74) is 4.27. The number of benzene rings is 1. The standard InChI is InChI=1S/C21H21N3O2S/c1-12-8-18-15(11-22-24-18)9-16(12)17-3-2-14-10-19(27-21(14)23-17)20(25)13-4-6-26-7-5-13/h2-3,8-11,13,20,25H,4-7H2,1H3,(H,22,24)/t20-/m1/s1. The van der Waals surface area contributed by atoms with Gasteiger partial charge in [0.05, 0.1) is 23.5 Å². The Balaban J connectivity index is 1.52. The number of hydrogen-bond donors (Lipinski definition) is 2. The van der Waals surface area contributed by atoms with Gasteiger partial charge in [-0.1, -0.05) is 0 Å². The van der Waals surface area contributed by atoms with Crippen molar-refractivity contribution < 1.29 is 9.84 Å². The van der Waals surface area contributed by atoms with Gasteiger partial charge in [-0.15, -0.1) is 11.3 Å². The van der Waals surface area contributed by atoms with Crippen molar-refractivity contribution in [3.05, 3.63) is 47.0 Å². The highest BCUT2D eigenvalue weighted by Crippen LogP contribution is 2.37. The molecule has 27 heavy (non-hydrogen) atoms. The van der Waals surface area contributed by atoms with Crippen LogP contribution >= 0.6 is 11.3 Å². The minimum absolute atomic E-state index is 0.275. The maximum atomic E-state index is 10.8. The summed E-state index contributed by atoms with van der Waals surface area (Å²) in [6.07, 6.45) is 3.24. The Hall–Kier alpha value is -2.28. The topological polar surface area (TPSA) is 71.0 Å². The number of aryl methyl sites for hydroxylation is 1. The SMILES string of the molecule is Cc1cc2[nH]ncc2cc1-c1ccc2cc([C@H](O)C3CCOCC3)sc2n1. The van der Waals surface area contributed by atoms with Crippen molar-refractivity contribution >= 4 is 32.5 Å². The Bertz CT molecular complexity index is 1110. The summed E-state index contributed by atoms with van der Waals surface area (Å²) in [5, 5.41) is 20.1. The molecule has 2 N–H and O–H groups in total. The summed E-state index contributed by atoms with van der Waals surface area (Å²) < 4.78 is 5.42. The molecule has 138 valence electrons. The molecule has 0 radical (unpaired) electrons. The predicted octanol–water partition coefficient (Wildman–Crippen LogP) is 4.61. The smallest absolute Gasteiger partial charge is 0.124 e. The second-order valence-electron chi connectivity index (χ2n) is 7.26. The number of thiophene rings is 1. The van der Waals surface area contributed by atoms with Crippen molar-refractivity contribution in [1.29, 1.82) is 0 Å². The number of aliphatic hydroxyl groups excluding tert-OH is 1. The number of rotatable bonds is 3. The van der Waals surface area contributed by atoms with E-state index in [2.05, 4.69) is 47.5 Å². The summed E-state index contributed by atoms with van der Waals surface area (Å²) in [6.45, 7) is 3.58. The molecule has 0 spiro atoms. The molecule has 0 saturated carbocycles. The Kier molecular flexibility index (Phi) is 4.19. The molecule has 1 atom stereocenters. The predicted molar refractivity (Wildman–Crippen MR) is 108 cm³/mol. The normalized spacial score (nSPS) is 17.0. The Morgan fingerprint density at radius 3 is 2.89 bits per heavy atom. The van der Waals surface area contributed by atoms with Crippen molar-refractivity contribution in [3.8, 4) is 11.3 Å². The van der Waals surface area contributed by atoms with Crippen LogP contribution in [0.15, 0.2) is 36.5 Å². The van der Waals surface area contributed by atoms with Crippen molar-refractivity contribution in [2.45, 2.75) is 25.9 Å². The van der Waals surface area contributed by atoms with Crippen molar-refractivity contribution in [3.63, 3.8) is 0 Å². The number of aromatic nitrogens is 3. The molecule has 5 nitrogen and oxygen atoms in total. The molecule has 1 saturated heterocycles. The van der Waals surface area contributed by atoms with Crippen molar-refractivity contribution in [2.75, 3.05) is 13.2 Å². The molecule has 0 amide bonds. The van der Waals surface area contributed by atoms with Gasteiger partial charge < -0.3 is 9.84 Å². The first-order chi connectivity index (χ1) is 13.2. The molecule has 0 bridgehead atoms. The molecular formula is C21H21N3O2S. The Morgan fingerprint density at radius 1 is 1.19 bits per heavy atom. The third-order valence-corrected chi connectivity index (χ3v) is 6.58. The highest BCUT2D eigenvalue weighted by molar-refractivity contribution is 7.18.